The smallest absolute Gasteiger partial charge is 0.239 e. The summed E-state index contributed by atoms with van der Waals surface area (Å²) in [5, 5.41) is 0. The average molecular weight is 512 g/mol. The number of rotatable bonds is 3. The molecule has 2 amide bonds. The number of imide groups is 1. The van der Waals surface area contributed by atoms with Gasteiger partial charge in [-0.15, -0.1) is 0 Å². The molecule has 3 aromatic rings. The van der Waals surface area contributed by atoms with E-state index >= 15 is 0 Å². The van der Waals surface area contributed by atoms with Crippen LogP contribution in [0.5, 0.6) is 0 Å². The van der Waals surface area contributed by atoms with E-state index in [1.807, 2.05) is 86.6 Å². The van der Waals surface area contributed by atoms with Gasteiger partial charge in [-0.2, -0.15) is 0 Å². The fourth-order valence-electron chi connectivity index (χ4n) is 6.65. The highest BCUT2D eigenvalue weighted by Gasteiger charge is 2.78. The third-order valence-electron chi connectivity index (χ3n) is 7.99. The topological polar surface area (TPSA) is 54.5 Å². The van der Waals surface area contributed by atoms with E-state index in [-0.39, 0.29) is 17.6 Å². The second-order valence-electron chi connectivity index (χ2n) is 9.66. The van der Waals surface area contributed by atoms with Crippen LogP contribution in [0.4, 0.5) is 5.69 Å². The fourth-order valence-corrected chi connectivity index (χ4v) is 6.92. The maximum absolute atomic E-state index is 14.2. The van der Waals surface area contributed by atoms with E-state index in [9.17, 15) is 14.4 Å². The number of hydrogen-bond acceptors (Lipinski definition) is 3. The third-order valence-corrected chi connectivity index (χ3v) is 8.52. The lowest BCUT2D eigenvalue weighted by atomic mass is 9.63. The number of nitrogens with zero attached hydrogens (tertiary/aromatic N) is 1. The van der Waals surface area contributed by atoms with Crippen LogP contribution in [0.1, 0.15) is 25.0 Å². The number of hydrogen-bond donors (Lipinski definition) is 0. The molecule has 0 radical (unpaired) electrons. The number of amides is 2. The Labute approximate surface area is 206 Å². The lowest BCUT2D eigenvalue weighted by Crippen LogP contribution is -2.40. The van der Waals surface area contributed by atoms with Crippen molar-refractivity contribution in [2.24, 2.45) is 22.7 Å². The van der Waals surface area contributed by atoms with E-state index in [1.165, 1.54) is 4.90 Å². The van der Waals surface area contributed by atoms with E-state index in [4.69, 9.17) is 0 Å². The number of carbonyl (C=O) groups is 3. The molecule has 6 rings (SSSR count). The molecule has 2 fully saturated rings. The molecule has 168 valence electrons. The summed E-state index contributed by atoms with van der Waals surface area (Å²) >= 11 is 3.41. The van der Waals surface area contributed by atoms with Gasteiger partial charge in [0, 0.05) is 4.47 Å². The Morgan fingerprint density at radius 3 is 1.47 bits per heavy atom. The molecule has 2 bridgehead atoms. The Hall–Kier alpha value is -3.31. The molecule has 0 unspecified atom stereocenters. The third kappa shape index (κ3) is 2.45. The van der Waals surface area contributed by atoms with Crippen LogP contribution in [0.3, 0.4) is 0 Å². The second kappa shape index (κ2) is 7.09. The SMILES string of the molecule is C[C@]12C(=O)[C@](C)(C(c3ccccc3)=C1c1ccccc1)[C@H]1C(=O)N(c3ccc(Br)cc3)C(=O)[C@@H]12. The Balaban J connectivity index is 1.62. The molecule has 0 N–H and O–H groups in total. The van der Waals surface area contributed by atoms with Gasteiger partial charge in [0.1, 0.15) is 0 Å². The molecule has 2 aliphatic carbocycles. The summed E-state index contributed by atoms with van der Waals surface area (Å²) in [5.74, 6) is -2.09. The molecular weight excluding hydrogens is 490 g/mol. The quantitative estimate of drug-likeness (QED) is 0.419. The van der Waals surface area contributed by atoms with Crippen LogP contribution in [0.2, 0.25) is 0 Å². The largest absolute Gasteiger partial charge is 0.298 e. The highest BCUT2D eigenvalue weighted by atomic mass is 79.9. The second-order valence-corrected chi connectivity index (χ2v) is 10.6. The summed E-state index contributed by atoms with van der Waals surface area (Å²) in [4.78, 5) is 43.3. The normalized spacial score (nSPS) is 29.9. The first-order chi connectivity index (χ1) is 16.3. The summed E-state index contributed by atoms with van der Waals surface area (Å²) in [5.41, 5.74) is 1.92. The molecule has 1 aliphatic heterocycles. The van der Waals surface area contributed by atoms with Gasteiger partial charge in [0.15, 0.2) is 5.78 Å². The van der Waals surface area contributed by atoms with Gasteiger partial charge in [-0.25, -0.2) is 4.90 Å². The van der Waals surface area contributed by atoms with Crippen molar-refractivity contribution in [2.45, 2.75) is 13.8 Å². The molecule has 5 heteroatoms. The summed E-state index contributed by atoms with van der Waals surface area (Å²) in [6.45, 7) is 3.74. The zero-order valence-corrected chi connectivity index (χ0v) is 20.4. The zero-order valence-electron chi connectivity index (χ0n) is 18.8. The number of halogens is 1. The molecule has 1 saturated heterocycles. The Kier molecular flexibility index (Phi) is 4.43. The molecule has 0 aromatic heterocycles. The molecule has 4 nitrogen and oxygen atoms in total. The van der Waals surface area contributed by atoms with Crippen molar-refractivity contribution in [1.82, 2.24) is 0 Å². The fraction of sp³-hybridized carbons (Fsp3) is 0.207. The van der Waals surface area contributed by atoms with Crippen molar-refractivity contribution < 1.29 is 14.4 Å². The molecule has 1 heterocycles. The minimum Gasteiger partial charge on any atom is -0.298 e. The van der Waals surface area contributed by atoms with Gasteiger partial charge in [0.2, 0.25) is 11.8 Å². The Morgan fingerprint density at radius 2 is 1.06 bits per heavy atom. The van der Waals surface area contributed by atoms with Gasteiger partial charge in [0.25, 0.3) is 0 Å². The van der Waals surface area contributed by atoms with Crippen molar-refractivity contribution >= 4 is 50.4 Å². The molecule has 3 aliphatic rings. The first-order valence-electron chi connectivity index (χ1n) is 11.4. The maximum atomic E-state index is 14.2. The number of allylic oxidation sites excluding steroid dienone is 2. The highest BCUT2D eigenvalue weighted by Crippen LogP contribution is 2.73. The van der Waals surface area contributed by atoms with Gasteiger partial charge in [-0.3, -0.25) is 14.4 Å². The predicted molar refractivity (Wildman–Crippen MR) is 135 cm³/mol. The molecule has 4 atom stereocenters. The number of benzene rings is 3. The molecular formula is C29H22BrNO3. The summed E-state index contributed by atoms with van der Waals surface area (Å²) in [6, 6.07) is 26.8. The van der Waals surface area contributed by atoms with Crippen molar-refractivity contribution in [3.63, 3.8) is 0 Å². The van der Waals surface area contributed by atoms with Crippen molar-refractivity contribution in [3.05, 3.63) is 101 Å². The summed E-state index contributed by atoms with van der Waals surface area (Å²) in [7, 11) is 0. The summed E-state index contributed by atoms with van der Waals surface area (Å²) in [6.07, 6.45) is 0. The van der Waals surface area contributed by atoms with Gasteiger partial charge < -0.3 is 0 Å². The Morgan fingerprint density at radius 1 is 0.647 bits per heavy atom. The molecule has 1 saturated carbocycles. The van der Waals surface area contributed by atoms with Gasteiger partial charge in [-0.05, 0) is 60.4 Å². The van der Waals surface area contributed by atoms with Crippen LogP contribution in [0.25, 0.3) is 11.1 Å². The van der Waals surface area contributed by atoms with Crippen molar-refractivity contribution in [3.8, 4) is 0 Å². The molecule has 3 aromatic carbocycles. The molecule has 0 spiro atoms. The maximum Gasteiger partial charge on any atom is 0.239 e. The highest BCUT2D eigenvalue weighted by molar-refractivity contribution is 9.10. The van der Waals surface area contributed by atoms with E-state index in [2.05, 4.69) is 15.9 Å². The first-order valence-corrected chi connectivity index (χ1v) is 12.1. The monoisotopic (exact) mass is 511 g/mol. The average Bonchev–Trinajstić information content (AvgIpc) is 3.30. The minimum absolute atomic E-state index is 0.0372. The van der Waals surface area contributed by atoms with E-state index < -0.39 is 22.7 Å². The zero-order chi connectivity index (χ0) is 23.8. The standard InChI is InChI=1S/C29H22BrNO3/c1-28-21(17-9-5-3-6-10-17)22(18-11-7-4-8-12-18)29(2,27(28)34)24-23(28)25(32)31(26(24)33)20-15-13-19(30)14-16-20/h3-16,23-24H,1-2H3/t23-,24-,28-,29+/m1/s1. The van der Waals surface area contributed by atoms with Crippen LogP contribution >= 0.6 is 15.9 Å². The van der Waals surface area contributed by atoms with Crippen molar-refractivity contribution in [2.75, 3.05) is 4.90 Å². The number of ketones is 1. The van der Waals surface area contributed by atoms with E-state index in [0.29, 0.717) is 5.69 Å². The number of fused-ring (bicyclic) bond motifs is 5. The number of anilines is 1. The summed E-state index contributed by atoms with van der Waals surface area (Å²) < 4.78 is 0.865. The number of Topliss-reactive ketones (excluding diaryl/α,β-unsaturated/α-hetero) is 1. The number of carbonyl (C=O) groups excluding carboxylic acids is 3. The Bertz CT molecular complexity index is 1310. The lowest BCUT2D eigenvalue weighted by Gasteiger charge is -2.35. The van der Waals surface area contributed by atoms with Crippen LogP contribution in [-0.2, 0) is 14.4 Å². The van der Waals surface area contributed by atoms with Gasteiger partial charge in [0.05, 0.1) is 28.4 Å². The minimum atomic E-state index is -1.09. The van der Waals surface area contributed by atoms with Crippen molar-refractivity contribution in [1.29, 1.82) is 0 Å². The van der Waals surface area contributed by atoms with E-state index in [1.54, 1.807) is 12.1 Å². The van der Waals surface area contributed by atoms with Crippen LogP contribution in [0.15, 0.2) is 89.4 Å². The lowest BCUT2D eigenvalue weighted by molar-refractivity contribution is -0.133. The molecule has 34 heavy (non-hydrogen) atoms. The van der Waals surface area contributed by atoms with Crippen LogP contribution in [0, 0.1) is 22.7 Å². The predicted octanol–water partition coefficient (Wildman–Crippen LogP) is 5.77. The van der Waals surface area contributed by atoms with Crippen LogP contribution < -0.4 is 4.90 Å². The van der Waals surface area contributed by atoms with E-state index in [0.717, 1.165) is 26.7 Å². The van der Waals surface area contributed by atoms with Crippen LogP contribution in [-0.4, -0.2) is 17.6 Å². The first kappa shape index (κ1) is 21.2. The van der Waals surface area contributed by atoms with Gasteiger partial charge >= 0.3 is 0 Å². The van der Waals surface area contributed by atoms with Gasteiger partial charge in [-0.1, -0.05) is 76.6 Å².